The van der Waals surface area contributed by atoms with Crippen LogP contribution in [-0.2, 0) is 10.0 Å². The smallest absolute Gasteiger partial charge is 0.240 e. The Morgan fingerprint density at radius 1 is 1.26 bits per heavy atom. The molecule has 0 amide bonds. The van der Waals surface area contributed by atoms with Crippen LogP contribution in [0, 0.1) is 0 Å². The van der Waals surface area contributed by atoms with Crippen LogP contribution in [0.3, 0.4) is 0 Å². The minimum absolute atomic E-state index is 0.0148. The van der Waals surface area contributed by atoms with Gasteiger partial charge >= 0.3 is 0 Å². The summed E-state index contributed by atoms with van der Waals surface area (Å²) in [5.41, 5.74) is -1.04. The van der Waals surface area contributed by atoms with Crippen LogP contribution in [0.1, 0.15) is 27.2 Å². The maximum atomic E-state index is 12.0. The van der Waals surface area contributed by atoms with Gasteiger partial charge in [-0.2, -0.15) is 0 Å². The molecule has 0 saturated carbocycles. The predicted molar refractivity (Wildman–Crippen MR) is 73.7 cm³/mol. The van der Waals surface area contributed by atoms with Crippen LogP contribution in [0.5, 0.6) is 5.75 Å². The number of aliphatic hydroxyl groups is 1. The molecule has 0 aliphatic rings. The number of hydrogen-bond acceptors (Lipinski definition) is 4. The zero-order chi connectivity index (χ0) is 14.5. The molecule has 1 aromatic rings. The molecular formula is C13H21NO4S. The summed E-state index contributed by atoms with van der Waals surface area (Å²) in [6.07, 6.45) is 0.471. The Morgan fingerprint density at radius 3 is 2.32 bits per heavy atom. The quantitative estimate of drug-likeness (QED) is 0.797. The zero-order valence-corrected chi connectivity index (χ0v) is 12.3. The summed E-state index contributed by atoms with van der Waals surface area (Å²) in [6, 6.07) is 6.17. The first-order valence-corrected chi connectivity index (χ1v) is 7.74. The van der Waals surface area contributed by atoms with E-state index in [0.29, 0.717) is 18.8 Å². The monoisotopic (exact) mass is 287 g/mol. The molecule has 5 nitrogen and oxygen atoms in total. The summed E-state index contributed by atoms with van der Waals surface area (Å²) in [5, 5.41) is 9.80. The molecule has 0 aromatic heterocycles. The highest BCUT2D eigenvalue weighted by Gasteiger charge is 2.22. The van der Waals surface area contributed by atoms with E-state index in [-0.39, 0.29) is 11.4 Å². The number of rotatable bonds is 7. The lowest BCUT2D eigenvalue weighted by Gasteiger charge is -2.21. The van der Waals surface area contributed by atoms with E-state index in [1.165, 1.54) is 12.1 Å². The SMILES string of the molecule is CCOc1ccc(S(=O)(=O)NCC(C)(O)CC)cc1. The summed E-state index contributed by atoms with van der Waals surface area (Å²) < 4.78 is 31.7. The van der Waals surface area contributed by atoms with Crippen molar-refractivity contribution in [1.29, 1.82) is 0 Å². The van der Waals surface area contributed by atoms with Crippen LogP contribution in [0.15, 0.2) is 29.2 Å². The second-order valence-corrected chi connectivity index (χ2v) is 6.35. The lowest BCUT2D eigenvalue weighted by molar-refractivity contribution is 0.0613. The largest absolute Gasteiger partial charge is 0.494 e. The summed E-state index contributed by atoms with van der Waals surface area (Å²) in [4.78, 5) is 0.155. The molecule has 0 aliphatic heterocycles. The molecule has 1 aromatic carbocycles. The first-order chi connectivity index (χ1) is 8.80. The van der Waals surface area contributed by atoms with E-state index in [9.17, 15) is 13.5 Å². The van der Waals surface area contributed by atoms with Crippen LogP contribution >= 0.6 is 0 Å². The van der Waals surface area contributed by atoms with Gasteiger partial charge in [0.15, 0.2) is 0 Å². The molecule has 1 unspecified atom stereocenters. The number of benzene rings is 1. The highest BCUT2D eigenvalue weighted by molar-refractivity contribution is 7.89. The van der Waals surface area contributed by atoms with E-state index in [1.807, 2.05) is 6.92 Å². The Hall–Kier alpha value is -1.11. The molecule has 0 heterocycles. The molecule has 0 fully saturated rings. The van der Waals surface area contributed by atoms with E-state index < -0.39 is 15.6 Å². The fraction of sp³-hybridized carbons (Fsp3) is 0.538. The van der Waals surface area contributed by atoms with Gasteiger partial charge in [-0.05, 0) is 44.5 Å². The zero-order valence-electron chi connectivity index (χ0n) is 11.5. The molecule has 6 heteroatoms. The van der Waals surface area contributed by atoms with Crippen molar-refractivity contribution in [1.82, 2.24) is 4.72 Å². The normalized spacial score (nSPS) is 14.9. The minimum atomic E-state index is -3.60. The molecule has 1 atom stereocenters. The van der Waals surface area contributed by atoms with Gasteiger partial charge in [0.25, 0.3) is 0 Å². The maximum Gasteiger partial charge on any atom is 0.240 e. The van der Waals surface area contributed by atoms with Gasteiger partial charge in [0.05, 0.1) is 17.1 Å². The van der Waals surface area contributed by atoms with Crippen molar-refractivity contribution in [3.63, 3.8) is 0 Å². The van der Waals surface area contributed by atoms with Gasteiger partial charge in [0.1, 0.15) is 5.75 Å². The third-order valence-electron chi connectivity index (χ3n) is 2.85. The first-order valence-electron chi connectivity index (χ1n) is 6.25. The summed E-state index contributed by atoms with van der Waals surface area (Å²) >= 11 is 0. The van der Waals surface area contributed by atoms with Gasteiger partial charge < -0.3 is 9.84 Å². The molecule has 0 saturated heterocycles. The minimum Gasteiger partial charge on any atom is -0.494 e. The Balaban J connectivity index is 2.77. The van der Waals surface area contributed by atoms with Gasteiger partial charge in [-0.3, -0.25) is 0 Å². The predicted octanol–water partition coefficient (Wildman–Crippen LogP) is 1.52. The second kappa shape index (κ2) is 6.36. The number of ether oxygens (including phenoxy) is 1. The molecule has 0 aliphatic carbocycles. The Labute approximate surface area is 114 Å². The first kappa shape index (κ1) is 15.9. The van der Waals surface area contributed by atoms with E-state index in [0.717, 1.165) is 0 Å². The Bertz CT molecular complexity index is 494. The van der Waals surface area contributed by atoms with Crippen molar-refractivity contribution in [3.05, 3.63) is 24.3 Å². The van der Waals surface area contributed by atoms with Crippen LogP contribution in [-0.4, -0.2) is 32.3 Å². The lowest BCUT2D eigenvalue weighted by atomic mass is 10.1. The third kappa shape index (κ3) is 4.81. The number of hydrogen-bond donors (Lipinski definition) is 2. The van der Waals surface area contributed by atoms with Crippen LogP contribution in [0.25, 0.3) is 0 Å². The van der Waals surface area contributed by atoms with Gasteiger partial charge in [-0.15, -0.1) is 0 Å². The molecule has 1 rings (SSSR count). The average molecular weight is 287 g/mol. The third-order valence-corrected chi connectivity index (χ3v) is 4.27. The van der Waals surface area contributed by atoms with Crippen molar-refractivity contribution in [2.45, 2.75) is 37.7 Å². The van der Waals surface area contributed by atoms with E-state index >= 15 is 0 Å². The molecule has 0 spiro atoms. The summed E-state index contributed by atoms with van der Waals surface area (Å²) in [6.45, 7) is 5.76. The highest BCUT2D eigenvalue weighted by atomic mass is 32.2. The molecule has 108 valence electrons. The van der Waals surface area contributed by atoms with Gasteiger partial charge in [0, 0.05) is 6.54 Å². The van der Waals surface area contributed by atoms with Gasteiger partial charge in [-0.1, -0.05) is 6.92 Å². The lowest BCUT2D eigenvalue weighted by Crippen LogP contribution is -2.40. The van der Waals surface area contributed by atoms with Crippen LogP contribution in [0.4, 0.5) is 0 Å². The molecule has 2 N–H and O–H groups in total. The van der Waals surface area contributed by atoms with E-state index in [2.05, 4.69) is 4.72 Å². The molecular weight excluding hydrogens is 266 g/mol. The standard InChI is InChI=1S/C13H21NO4S/c1-4-13(3,15)10-14-19(16,17)12-8-6-11(7-9-12)18-5-2/h6-9,14-15H,4-5,10H2,1-3H3. The Morgan fingerprint density at radius 2 is 1.84 bits per heavy atom. The fourth-order valence-corrected chi connectivity index (χ4v) is 2.50. The van der Waals surface area contributed by atoms with Crippen molar-refractivity contribution >= 4 is 10.0 Å². The molecule has 0 bridgehead atoms. The van der Waals surface area contributed by atoms with Crippen molar-refractivity contribution in [2.75, 3.05) is 13.2 Å². The number of sulfonamides is 1. The van der Waals surface area contributed by atoms with Crippen molar-refractivity contribution in [3.8, 4) is 5.75 Å². The van der Waals surface area contributed by atoms with E-state index in [1.54, 1.807) is 26.0 Å². The number of nitrogens with one attached hydrogen (secondary N) is 1. The van der Waals surface area contributed by atoms with Gasteiger partial charge in [-0.25, -0.2) is 13.1 Å². The van der Waals surface area contributed by atoms with Gasteiger partial charge in [0.2, 0.25) is 10.0 Å². The van der Waals surface area contributed by atoms with Crippen molar-refractivity contribution in [2.24, 2.45) is 0 Å². The fourth-order valence-electron chi connectivity index (χ4n) is 1.34. The van der Waals surface area contributed by atoms with Crippen LogP contribution in [0.2, 0.25) is 0 Å². The Kier molecular flexibility index (Phi) is 5.34. The topological polar surface area (TPSA) is 75.6 Å². The summed E-state index contributed by atoms with van der Waals surface area (Å²) in [7, 11) is -3.60. The van der Waals surface area contributed by atoms with Crippen LogP contribution < -0.4 is 9.46 Å². The highest BCUT2D eigenvalue weighted by Crippen LogP contribution is 2.16. The summed E-state index contributed by atoms with van der Waals surface area (Å²) in [5.74, 6) is 0.627. The van der Waals surface area contributed by atoms with Crippen molar-refractivity contribution < 1.29 is 18.3 Å². The molecule has 0 radical (unpaired) electrons. The van der Waals surface area contributed by atoms with E-state index in [4.69, 9.17) is 4.74 Å². The average Bonchev–Trinajstić information content (AvgIpc) is 2.38. The maximum absolute atomic E-state index is 12.0. The molecule has 19 heavy (non-hydrogen) atoms. The second-order valence-electron chi connectivity index (χ2n) is 4.58.